The summed E-state index contributed by atoms with van der Waals surface area (Å²) in [5.74, 6) is -10.1. The van der Waals surface area contributed by atoms with Crippen molar-refractivity contribution in [3.05, 3.63) is 56.2 Å². The van der Waals surface area contributed by atoms with Crippen LogP contribution in [0, 0.1) is 26.8 Å². The highest BCUT2D eigenvalue weighted by Gasteiger charge is 2.42. The van der Waals surface area contributed by atoms with Crippen molar-refractivity contribution in [1.29, 1.82) is 0 Å². The Balaban J connectivity index is 2.61. The topological polar surface area (TPSA) is 32.6 Å². The van der Waals surface area contributed by atoms with Gasteiger partial charge in [0.25, 0.3) is 0 Å². The third-order valence-electron chi connectivity index (χ3n) is 2.87. The lowest BCUT2D eigenvalue weighted by molar-refractivity contribution is -0.143. The number of aliphatic imine (C=N–C) groups is 1. The van der Waals surface area contributed by atoms with Crippen molar-refractivity contribution in [3.8, 4) is 5.75 Å². The highest BCUT2D eigenvalue weighted by molar-refractivity contribution is 14.1. The van der Waals surface area contributed by atoms with Gasteiger partial charge in [0.05, 0.1) is 3.57 Å². The predicted molar refractivity (Wildman–Crippen MR) is 79.4 cm³/mol. The molecule has 0 radical (unpaired) electrons. The first-order valence-electron chi connectivity index (χ1n) is 6.00. The van der Waals surface area contributed by atoms with E-state index in [0.29, 0.717) is 9.78 Å². The van der Waals surface area contributed by atoms with E-state index < -0.39 is 40.7 Å². The predicted octanol–water partition coefficient (Wildman–Crippen LogP) is 5.32. The van der Waals surface area contributed by atoms with Crippen LogP contribution in [0.3, 0.4) is 0 Å². The van der Waals surface area contributed by atoms with Crippen molar-refractivity contribution in [2.75, 3.05) is 0 Å². The van der Waals surface area contributed by atoms with E-state index in [1.165, 1.54) is 18.2 Å². The molecule has 0 atom stereocenters. The van der Waals surface area contributed by atoms with Crippen LogP contribution in [-0.2, 0) is 6.18 Å². The number of phenolic OH excluding ortho intramolecular Hbond substituents is 1. The van der Waals surface area contributed by atoms with Gasteiger partial charge in [0, 0.05) is 11.8 Å². The van der Waals surface area contributed by atoms with Crippen LogP contribution in [-0.4, -0.2) is 11.3 Å². The molecule has 0 fully saturated rings. The smallest absolute Gasteiger partial charge is 0.422 e. The summed E-state index contributed by atoms with van der Waals surface area (Å²) in [6.07, 6.45) is -4.95. The molecule has 0 bridgehead atoms. The number of hydrogen-bond donors (Lipinski definition) is 1. The second-order valence-electron chi connectivity index (χ2n) is 4.41. The Morgan fingerprint density at radius 1 is 0.958 bits per heavy atom. The Morgan fingerprint density at radius 2 is 1.50 bits per heavy atom. The van der Waals surface area contributed by atoms with E-state index in [4.69, 9.17) is 0 Å². The van der Waals surface area contributed by atoms with Crippen LogP contribution >= 0.6 is 22.6 Å². The number of nitrogens with zero attached hydrogens (tertiary/aromatic N) is 1. The van der Waals surface area contributed by atoms with Gasteiger partial charge in [-0.05, 0) is 34.7 Å². The highest BCUT2D eigenvalue weighted by Crippen LogP contribution is 2.39. The lowest BCUT2D eigenvalue weighted by Crippen LogP contribution is -2.15. The molecule has 0 saturated carbocycles. The molecule has 2 aromatic carbocycles. The van der Waals surface area contributed by atoms with Crippen LogP contribution < -0.4 is 0 Å². The summed E-state index contributed by atoms with van der Waals surface area (Å²) in [6, 6.07) is 4.21. The molecule has 0 unspecified atom stereocenters. The zero-order valence-electron chi connectivity index (χ0n) is 11.2. The molecule has 0 saturated heterocycles. The molecule has 0 heterocycles. The van der Waals surface area contributed by atoms with Crippen molar-refractivity contribution in [2.45, 2.75) is 6.18 Å². The summed E-state index contributed by atoms with van der Waals surface area (Å²) in [4.78, 5) is 3.14. The van der Waals surface area contributed by atoms with Crippen LogP contribution in [0.15, 0.2) is 23.2 Å². The number of rotatable bonds is 2. The van der Waals surface area contributed by atoms with Gasteiger partial charge >= 0.3 is 6.18 Å². The molecule has 2 nitrogen and oxygen atoms in total. The normalized spacial score (nSPS) is 12.2. The van der Waals surface area contributed by atoms with Gasteiger partial charge in [-0.2, -0.15) is 13.2 Å². The number of aromatic hydroxyl groups is 1. The summed E-state index contributed by atoms with van der Waals surface area (Å²) in [6.45, 7) is 0. The highest BCUT2D eigenvalue weighted by atomic mass is 127. The fourth-order valence-electron chi connectivity index (χ4n) is 1.75. The van der Waals surface area contributed by atoms with Crippen molar-refractivity contribution >= 4 is 34.5 Å². The van der Waals surface area contributed by atoms with E-state index in [0.717, 1.165) is 0 Å². The van der Waals surface area contributed by atoms with Crippen molar-refractivity contribution in [1.82, 2.24) is 0 Å². The molecule has 0 aromatic heterocycles. The van der Waals surface area contributed by atoms with Gasteiger partial charge in [0.15, 0.2) is 23.3 Å². The molecular formula is C14H5F7INO. The summed E-state index contributed by atoms with van der Waals surface area (Å²) >= 11 is 1.74. The quantitative estimate of drug-likeness (QED) is 0.278. The largest absolute Gasteiger partial charge is 0.506 e. The van der Waals surface area contributed by atoms with Gasteiger partial charge in [-0.3, -0.25) is 0 Å². The maximum atomic E-state index is 13.7. The fraction of sp³-hybridized carbons (Fsp3) is 0.0714. The van der Waals surface area contributed by atoms with Crippen molar-refractivity contribution < 1.29 is 35.8 Å². The fourth-order valence-corrected chi connectivity index (χ4v) is 2.27. The van der Waals surface area contributed by atoms with E-state index in [-0.39, 0.29) is 11.3 Å². The molecule has 0 aliphatic rings. The first-order chi connectivity index (χ1) is 11.1. The standard InChI is InChI=1S/C14H5F7INO/c15-8-7(14(19,20)21)9(16)11(18)12(10(8)17)23-4-5-2-1-3-6(22)13(5)24/h1-4,24H. The first kappa shape index (κ1) is 18.5. The summed E-state index contributed by atoms with van der Waals surface area (Å²) < 4.78 is 91.9. The molecule has 2 rings (SSSR count). The second-order valence-corrected chi connectivity index (χ2v) is 5.58. The molecule has 0 aliphatic heterocycles. The first-order valence-corrected chi connectivity index (χ1v) is 7.08. The molecule has 128 valence electrons. The zero-order valence-corrected chi connectivity index (χ0v) is 13.4. The van der Waals surface area contributed by atoms with Gasteiger partial charge < -0.3 is 5.11 Å². The van der Waals surface area contributed by atoms with Gasteiger partial charge in [-0.15, -0.1) is 0 Å². The van der Waals surface area contributed by atoms with Crippen LogP contribution in [0.2, 0.25) is 0 Å². The summed E-state index contributed by atoms with van der Waals surface area (Å²) in [5.41, 5.74) is -4.30. The number of hydrogen-bond acceptors (Lipinski definition) is 2. The van der Waals surface area contributed by atoms with Crippen molar-refractivity contribution in [3.63, 3.8) is 0 Å². The Hall–Kier alpha value is -1.85. The van der Waals surface area contributed by atoms with Gasteiger partial charge in [0.1, 0.15) is 17.0 Å². The SMILES string of the molecule is Oc1c(I)cccc1C=Nc1c(F)c(F)c(C(F)(F)F)c(F)c1F. The average molecular weight is 463 g/mol. The second kappa shape index (κ2) is 6.57. The van der Waals surface area contributed by atoms with E-state index in [9.17, 15) is 35.8 Å². The summed E-state index contributed by atoms with van der Waals surface area (Å²) in [5, 5.41) is 9.69. The molecule has 10 heteroatoms. The van der Waals surface area contributed by atoms with Gasteiger partial charge in [-0.1, -0.05) is 6.07 Å². The van der Waals surface area contributed by atoms with Crippen molar-refractivity contribution in [2.24, 2.45) is 4.99 Å². The van der Waals surface area contributed by atoms with E-state index >= 15 is 0 Å². The minimum atomic E-state index is -5.62. The maximum Gasteiger partial charge on any atom is 0.422 e. The van der Waals surface area contributed by atoms with E-state index in [1.807, 2.05) is 0 Å². The van der Waals surface area contributed by atoms with Crippen LogP contribution in [0.5, 0.6) is 5.75 Å². The molecule has 2 aromatic rings. The Bertz CT molecular complexity index is 804. The average Bonchev–Trinajstić information content (AvgIpc) is 2.48. The third kappa shape index (κ3) is 3.32. The Kier molecular flexibility index (Phi) is 5.06. The molecular weight excluding hydrogens is 458 g/mol. The number of para-hydroxylation sites is 1. The minimum absolute atomic E-state index is 0.0542. The van der Waals surface area contributed by atoms with Gasteiger partial charge in [-0.25, -0.2) is 22.6 Å². The minimum Gasteiger partial charge on any atom is -0.506 e. The monoisotopic (exact) mass is 463 g/mol. The molecule has 0 amide bonds. The number of halogens is 8. The van der Waals surface area contributed by atoms with Crippen LogP contribution in [0.25, 0.3) is 0 Å². The van der Waals surface area contributed by atoms with E-state index in [1.54, 1.807) is 22.6 Å². The Morgan fingerprint density at radius 3 is 2.00 bits per heavy atom. The molecule has 0 aliphatic carbocycles. The molecule has 1 N–H and O–H groups in total. The van der Waals surface area contributed by atoms with E-state index in [2.05, 4.69) is 4.99 Å². The number of alkyl halides is 3. The Labute approximate surface area is 143 Å². The van der Waals surface area contributed by atoms with Crippen LogP contribution in [0.4, 0.5) is 36.4 Å². The van der Waals surface area contributed by atoms with Gasteiger partial charge in [0.2, 0.25) is 0 Å². The third-order valence-corrected chi connectivity index (χ3v) is 3.74. The number of benzene rings is 2. The summed E-state index contributed by atoms with van der Waals surface area (Å²) in [7, 11) is 0. The zero-order chi connectivity index (χ0) is 18.2. The maximum absolute atomic E-state index is 13.7. The lowest BCUT2D eigenvalue weighted by Gasteiger charge is -2.12. The molecule has 0 spiro atoms. The van der Waals surface area contributed by atoms with Crippen LogP contribution in [0.1, 0.15) is 11.1 Å². The molecule has 24 heavy (non-hydrogen) atoms. The number of phenols is 1. The lowest BCUT2D eigenvalue weighted by atomic mass is 10.1.